The topological polar surface area (TPSA) is 50.3 Å². The highest BCUT2D eigenvalue weighted by atomic mass is 16.5. The Morgan fingerprint density at radius 1 is 1.00 bits per heavy atom. The fraction of sp³-hybridized carbons (Fsp3) is 0.273. The number of para-hydroxylation sites is 3. The van der Waals surface area contributed by atoms with Crippen molar-refractivity contribution in [3.63, 3.8) is 0 Å². The molecule has 3 aromatic rings. The van der Waals surface area contributed by atoms with Crippen molar-refractivity contribution >= 4 is 17.5 Å². The maximum Gasteiger partial charge on any atom is 0.229 e. The van der Waals surface area contributed by atoms with E-state index in [4.69, 9.17) is 4.74 Å². The van der Waals surface area contributed by atoms with Crippen LogP contribution in [0.25, 0.3) is 0 Å². The van der Waals surface area contributed by atoms with Gasteiger partial charge in [-0.3, -0.25) is 0 Å². The molecule has 0 saturated heterocycles. The first kappa shape index (κ1) is 18.7. The zero-order valence-corrected chi connectivity index (χ0v) is 16.1. The van der Waals surface area contributed by atoms with Crippen LogP contribution >= 0.6 is 0 Å². The van der Waals surface area contributed by atoms with Gasteiger partial charge in [-0.1, -0.05) is 43.7 Å². The molecule has 0 unspecified atom stereocenters. The van der Waals surface area contributed by atoms with Crippen LogP contribution in [0.5, 0.6) is 11.5 Å². The number of aromatic nitrogens is 2. The highest BCUT2D eigenvalue weighted by molar-refractivity contribution is 5.64. The van der Waals surface area contributed by atoms with Crippen molar-refractivity contribution in [2.45, 2.75) is 26.7 Å². The van der Waals surface area contributed by atoms with Gasteiger partial charge in [0.05, 0.1) is 5.69 Å². The molecule has 0 aliphatic heterocycles. The predicted octanol–water partition coefficient (Wildman–Crippen LogP) is 5.56. The predicted molar refractivity (Wildman–Crippen MR) is 111 cm³/mol. The number of nitrogens with zero attached hydrogens (tertiary/aromatic N) is 3. The lowest BCUT2D eigenvalue weighted by molar-refractivity contribution is 0.485. The second kappa shape index (κ2) is 9.03. The second-order valence-electron chi connectivity index (χ2n) is 6.50. The van der Waals surface area contributed by atoms with Crippen molar-refractivity contribution in [2.75, 3.05) is 23.8 Å². The molecule has 0 radical (unpaired) electrons. The molecule has 1 N–H and O–H groups in total. The van der Waals surface area contributed by atoms with Crippen LogP contribution in [0.15, 0.2) is 60.7 Å². The third kappa shape index (κ3) is 5.20. The van der Waals surface area contributed by atoms with Crippen molar-refractivity contribution in [3.05, 3.63) is 66.4 Å². The van der Waals surface area contributed by atoms with Crippen LogP contribution in [-0.4, -0.2) is 23.6 Å². The van der Waals surface area contributed by atoms with Crippen molar-refractivity contribution < 1.29 is 4.74 Å². The van der Waals surface area contributed by atoms with Crippen LogP contribution in [-0.2, 0) is 0 Å². The van der Waals surface area contributed by atoms with E-state index in [1.807, 2.05) is 67.6 Å². The van der Waals surface area contributed by atoms with Gasteiger partial charge in [-0.05, 0) is 37.6 Å². The molecular formula is C22H26N4O. The first-order valence-corrected chi connectivity index (χ1v) is 9.31. The number of anilines is 3. The molecule has 1 aromatic heterocycles. The molecule has 0 aliphatic rings. The Morgan fingerprint density at radius 3 is 2.52 bits per heavy atom. The van der Waals surface area contributed by atoms with Gasteiger partial charge < -0.3 is 15.0 Å². The van der Waals surface area contributed by atoms with Gasteiger partial charge in [0.2, 0.25) is 5.95 Å². The quantitative estimate of drug-likeness (QED) is 0.569. The van der Waals surface area contributed by atoms with E-state index in [0.717, 1.165) is 48.1 Å². The van der Waals surface area contributed by atoms with Crippen molar-refractivity contribution in [2.24, 2.45) is 0 Å². The lowest BCUT2D eigenvalue weighted by Crippen LogP contribution is -2.20. The van der Waals surface area contributed by atoms with Gasteiger partial charge in [0.25, 0.3) is 0 Å². The summed E-state index contributed by atoms with van der Waals surface area (Å²) < 4.78 is 6.01. The van der Waals surface area contributed by atoms with Crippen LogP contribution < -0.4 is 15.0 Å². The van der Waals surface area contributed by atoms with E-state index < -0.39 is 0 Å². The molecule has 2 aromatic carbocycles. The van der Waals surface area contributed by atoms with E-state index in [0.29, 0.717) is 5.95 Å². The molecule has 0 saturated carbocycles. The monoisotopic (exact) mass is 362 g/mol. The Bertz CT molecular complexity index is 867. The summed E-state index contributed by atoms with van der Waals surface area (Å²) in [6.07, 6.45) is 2.29. The second-order valence-corrected chi connectivity index (χ2v) is 6.50. The van der Waals surface area contributed by atoms with Crippen molar-refractivity contribution in [3.8, 4) is 11.5 Å². The smallest absolute Gasteiger partial charge is 0.229 e. The van der Waals surface area contributed by atoms with Crippen LogP contribution in [0.3, 0.4) is 0 Å². The zero-order valence-electron chi connectivity index (χ0n) is 16.1. The molecule has 0 amide bonds. The SMILES string of the molecule is CCCCN(C)c1cc(C)nc(Nc2ccccc2Oc2ccccc2)n1. The van der Waals surface area contributed by atoms with Crippen LogP contribution in [0, 0.1) is 6.92 Å². The summed E-state index contributed by atoms with van der Waals surface area (Å²) in [6.45, 7) is 5.15. The molecule has 140 valence electrons. The minimum absolute atomic E-state index is 0.567. The Hall–Kier alpha value is -3.08. The van der Waals surface area contributed by atoms with E-state index >= 15 is 0 Å². The third-order valence-corrected chi connectivity index (χ3v) is 4.18. The van der Waals surface area contributed by atoms with Gasteiger partial charge in [-0.15, -0.1) is 0 Å². The fourth-order valence-corrected chi connectivity index (χ4v) is 2.71. The lowest BCUT2D eigenvalue weighted by Gasteiger charge is -2.19. The average Bonchev–Trinajstić information content (AvgIpc) is 2.68. The van der Waals surface area contributed by atoms with Gasteiger partial charge in [-0.25, -0.2) is 4.98 Å². The molecule has 0 aliphatic carbocycles. The highest BCUT2D eigenvalue weighted by Gasteiger charge is 2.10. The number of rotatable bonds is 8. The van der Waals surface area contributed by atoms with Gasteiger partial charge in [0.15, 0.2) is 5.75 Å². The van der Waals surface area contributed by atoms with E-state index in [1.54, 1.807) is 0 Å². The number of ether oxygens (including phenoxy) is 1. The number of unbranched alkanes of at least 4 members (excludes halogenated alkanes) is 1. The third-order valence-electron chi connectivity index (χ3n) is 4.18. The maximum atomic E-state index is 6.01. The molecule has 3 rings (SSSR count). The van der Waals surface area contributed by atoms with Crippen molar-refractivity contribution in [1.29, 1.82) is 0 Å². The van der Waals surface area contributed by atoms with Gasteiger partial charge >= 0.3 is 0 Å². The number of aryl methyl sites for hydroxylation is 1. The number of nitrogens with one attached hydrogen (secondary N) is 1. The summed E-state index contributed by atoms with van der Waals surface area (Å²) in [4.78, 5) is 11.4. The summed E-state index contributed by atoms with van der Waals surface area (Å²) in [6, 6.07) is 19.5. The molecule has 27 heavy (non-hydrogen) atoms. The number of hydrogen-bond acceptors (Lipinski definition) is 5. The zero-order chi connectivity index (χ0) is 19.1. The number of hydrogen-bond donors (Lipinski definition) is 1. The van der Waals surface area contributed by atoms with Gasteiger partial charge in [0, 0.05) is 25.4 Å². The van der Waals surface area contributed by atoms with Crippen LogP contribution in [0.1, 0.15) is 25.5 Å². The average molecular weight is 362 g/mol. The molecule has 0 atom stereocenters. The summed E-state index contributed by atoms with van der Waals surface area (Å²) >= 11 is 0. The minimum Gasteiger partial charge on any atom is -0.455 e. The first-order valence-electron chi connectivity index (χ1n) is 9.31. The van der Waals surface area contributed by atoms with E-state index in [9.17, 15) is 0 Å². The molecule has 5 heteroatoms. The van der Waals surface area contributed by atoms with Gasteiger partial charge in [0.1, 0.15) is 11.6 Å². The Morgan fingerprint density at radius 2 is 1.74 bits per heavy atom. The highest BCUT2D eigenvalue weighted by Crippen LogP contribution is 2.31. The van der Waals surface area contributed by atoms with Crippen LogP contribution in [0.2, 0.25) is 0 Å². The lowest BCUT2D eigenvalue weighted by atomic mass is 10.3. The summed E-state index contributed by atoms with van der Waals surface area (Å²) in [5, 5.41) is 3.31. The molecule has 0 bridgehead atoms. The maximum absolute atomic E-state index is 6.01. The Kier molecular flexibility index (Phi) is 6.26. The fourth-order valence-electron chi connectivity index (χ4n) is 2.71. The van der Waals surface area contributed by atoms with E-state index in [2.05, 4.69) is 34.2 Å². The molecule has 0 fully saturated rings. The minimum atomic E-state index is 0.567. The largest absolute Gasteiger partial charge is 0.455 e. The number of benzene rings is 2. The standard InChI is InChI=1S/C22H26N4O/c1-4-5-15-26(3)21-16-17(2)23-22(25-21)24-19-13-9-10-14-20(19)27-18-11-7-6-8-12-18/h6-14,16H,4-5,15H2,1-3H3,(H,23,24,25). The molecule has 0 spiro atoms. The molecule has 1 heterocycles. The van der Waals surface area contributed by atoms with E-state index in [1.165, 1.54) is 0 Å². The van der Waals surface area contributed by atoms with E-state index in [-0.39, 0.29) is 0 Å². The summed E-state index contributed by atoms with van der Waals surface area (Å²) in [7, 11) is 2.06. The first-order chi connectivity index (χ1) is 13.2. The molecule has 5 nitrogen and oxygen atoms in total. The van der Waals surface area contributed by atoms with Crippen LogP contribution in [0.4, 0.5) is 17.5 Å². The summed E-state index contributed by atoms with van der Waals surface area (Å²) in [5.74, 6) is 3.00. The normalized spacial score (nSPS) is 10.5. The van der Waals surface area contributed by atoms with Crippen molar-refractivity contribution in [1.82, 2.24) is 9.97 Å². The Balaban J connectivity index is 1.82. The van der Waals surface area contributed by atoms with Gasteiger partial charge in [-0.2, -0.15) is 4.98 Å². The molecular weight excluding hydrogens is 336 g/mol. The Labute approximate surface area is 161 Å². The summed E-state index contributed by atoms with van der Waals surface area (Å²) in [5.41, 5.74) is 1.75.